The van der Waals surface area contributed by atoms with E-state index in [0.717, 1.165) is 41.5 Å². The molecule has 2 aromatic rings. The van der Waals surface area contributed by atoms with Gasteiger partial charge >= 0.3 is 6.09 Å². The summed E-state index contributed by atoms with van der Waals surface area (Å²) < 4.78 is 5.49. The molecule has 0 aromatic heterocycles. The number of fused-ring (bicyclic) bond motifs is 5. The van der Waals surface area contributed by atoms with Gasteiger partial charge in [0.1, 0.15) is 35.0 Å². The Morgan fingerprint density at radius 2 is 1.64 bits per heavy atom. The number of rotatable bonds is 4. The van der Waals surface area contributed by atoms with Crippen LogP contribution in [-0.2, 0) is 24.0 Å². The molecule has 2 fully saturated rings. The van der Waals surface area contributed by atoms with Crippen molar-refractivity contribution >= 4 is 29.4 Å². The fourth-order valence-corrected chi connectivity index (χ4v) is 7.00. The van der Waals surface area contributed by atoms with E-state index >= 15 is 0 Å². The summed E-state index contributed by atoms with van der Waals surface area (Å²) in [5.74, 6) is -0.987. The Kier molecular flexibility index (Phi) is 8.96. The molecule has 0 unspecified atom stereocenters. The van der Waals surface area contributed by atoms with Gasteiger partial charge in [-0.3, -0.25) is 14.4 Å². The van der Waals surface area contributed by atoms with Crippen LogP contribution in [0.25, 0.3) is 11.1 Å². The first-order valence-corrected chi connectivity index (χ1v) is 16.7. The Balaban J connectivity index is 1.29. The molecule has 2 aliphatic carbocycles. The molecule has 0 radical (unpaired) electrons. The Hall–Kier alpha value is -4.47. The van der Waals surface area contributed by atoms with E-state index < -0.39 is 41.3 Å². The van der Waals surface area contributed by atoms with Gasteiger partial charge < -0.3 is 25.1 Å². The summed E-state index contributed by atoms with van der Waals surface area (Å²) in [7, 11) is 0. The molecule has 1 saturated heterocycles. The van der Waals surface area contributed by atoms with Crippen LogP contribution in [0, 0.1) is 5.92 Å². The SMILES string of the molecule is CC(=O)[C@@]12C[C@H]1/C=C\CCCCC[C@H](NC(=O)OC(C)(C)C)C(=O)N1C[C@H](ON=C3c4ccccc4-c4ccccc43)C[C@H]1C(=O)N2. The minimum absolute atomic E-state index is 0.0813. The first kappa shape index (κ1) is 32.5. The van der Waals surface area contributed by atoms with Crippen molar-refractivity contribution < 1.29 is 28.8 Å². The zero-order chi connectivity index (χ0) is 33.3. The summed E-state index contributed by atoms with van der Waals surface area (Å²) in [6.07, 6.45) is 7.25. The van der Waals surface area contributed by atoms with Crippen LogP contribution in [0.1, 0.15) is 83.8 Å². The van der Waals surface area contributed by atoms with Gasteiger partial charge in [0.25, 0.3) is 0 Å². The van der Waals surface area contributed by atoms with Crippen molar-refractivity contribution in [2.45, 2.75) is 102 Å². The van der Waals surface area contributed by atoms with E-state index in [1.54, 1.807) is 20.8 Å². The number of ketones is 1. The highest BCUT2D eigenvalue weighted by Gasteiger charge is 2.59. The topological polar surface area (TPSA) is 126 Å². The molecule has 10 nitrogen and oxygen atoms in total. The van der Waals surface area contributed by atoms with Crippen LogP contribution in [0.4, 0.5) is 4.79 Å². The van der Waals surface area contributed by atoms with Gasteiger partial charge in [-0.15, -0.1) is 0 Å². The molecule has 6 rings (SSSR count). The van der Waals surface area contributed by atoms with E-state index in [0.29, 0.717) is 25.0 Å². The number of amides is 3. The molecule has 3 amide bonds. The molecule has 1 saturated carbocycles. The van der Waals surface area contributed by atoms with E-state index in [1.165, 1.54) is 11.8 Å². The van der Waals surface area contributed by atoms with Crippen LogP contribution in [0.3, 0.4) is 0 Å². The van der Waals surface area contributed by atoms with Crippen LogP contribution >= 0.6 is 0 Å². The zero-order valence-corrected chi connectivity index (χ0v) is 27.6. The first-order chi connectivity index (χ1) is 22.5. The third kappa shape index (κ3) is 6.82. The maximum absolute atomic E-state index is 14.3. The van der Waals surface area contributed by atoms with Gasteiger partial charge in [0, 0.05) is 23.5 Å². The van der Waals surface area contributed by atoms with Crippen LogP contribution in [0.5, 0.6) is 0 Å². The lowest BCUT2D eigenvalue weighted by atomic mass is 10.0. The second kappa shape index (κ2) is 13.0. The van der Waals surface area contributed by atoms with Crippen molar-refractivity contribution in [1.82, 2.24) is 15.5 Å². The number of carbonyl (C=O) groups is 4. The van der Waals surface area contributed by atoms with Gasteiger partial charge in [-0.2, -0.15) is 0 Å². The van der Waals surface area contributed by atoms with E-state index in [4.69, 9.17) is 9.57 Å². The molecule has 248 valence electrons. The Morgan fingerprint density at radius 3 is 2.28 bits per heavy atom. The average Bonchev–Trinajstić information content (AvgIpc) is 3.40. The number of ether oxygens (including phenoxy) is 1. The second-order valence-electron chi connectivity index (χ2n) is 14.1. The Labute approximate surface area is 275 Å². The molecule has 5 atom stereocenters. The molecule has 2 heterocycles. The van der Waals surface area contributed by atoms with Gasteiger partial charge in [0.2, 0.25) is 11.8 Å². The number of Topliss-reactive ketones (excluding diaryl/α,β-unsaturated/α-hetero) is 1. The summed E-state index contributed by atoms with van der Waals surface area (Å²) in [6, 6.07) is 14.2. The molecule has 0 bridgehead atoms. The van der Waals surface area contributed by atoms with Crippen LogP contribution in [0.2, 0.25) is 0 Å². The van der Waals surface area contributed by atoms with Gasteiger partial charge in [0.05, 0.1) is 6.54 Å². The number of allylic oxidation sites excluding steroid dienone is 1. The summed E-state index contributed by atoms with van der Waals surface area (Å²) >= 11 is 0. The molecule has 47 heavy (non-hydrogen) atoms. The van der Waals surface area contributed by atoms with E-state index in [1.807, 2.05) is 42.5 Å². The molecular formula is C37H44N4O6. The van der Waals surface area contributed by atoms with Gasteiger partial charge in [-0.1, -0.05) is 78.7 Å². The van der Waals surface area contributed by atoms with Crippen molar-refractivity contribution in [3.05, 3.63) is 71.8 Å². The maximum atomic E-state index is 14.3. The lowest BCUT2D eigenvalue weighted by Crippen LogP contribution is -2.56. The predicted octanol–water partition coefficient (Wildman–Crippen LogP) is 5.28. The number of hydrogen-bond donors (Lipinski definition) is 2. The van der Waals surface area contributed by atoms with E-state index in [2.05, 4.69) is 34.0 Å². The fourth-order valence-electron chi connectivity index (χ4n) is 7.00. The molecule has 10 heteroatoms. The minimum atomic E-state index is -0.979. The number of carbonyl (C=O) groups excluding carboxylic acids is 4. The van der Waals surface area contributed by atoms with Crippen molar-refractivity contribution in [2.75, 3.05) is 6.54 Å². The lowest BCUT2D eigenvalue weighted by Gasteiger charge is -2.30. The number of nitrogens with zero attached hydrogens (tertiary/aromatic N) is 2. The van der Waals surface area contributed by atoms with Gasteiger partial charge in [0.15, 0.2) is 5.78 Å². The smallest absolute Gasteiger partial charge is 0.408 e. The zero-order valence-electron chi connectivity index (χ0n) is 27.6. The van der Waals surface area contributed by atoms with Crippen molar-refractivity contribution in [3.63, 3.8) is 0 Å². The number of oxime groups is 1. The summed E-state index contributed by atoms with van der Waals surface area (Å²) in [5.41, 5.74) is 3.01. The van der Waals surface area contributed by atoms with Crippen molar-refractivity contribution in [1.29, 1.82) is 0 Å². The Morgan fingerprint density at radius 1 is 0.979 bits per heavy atom. The number of nitrogens with one attached hydrogen (secondary N) is 2. The molecule has 2 aromatic carbocycles. The summed E-state index contributed by atoms with van der Waals surface area (Å²) in [5, 5.41) is 10.4. The molecule has 2 aliphatic heterocycles. The monoisotopic (exact) mass is 640 g/mol. The summed E-state index contributed by atoms with van der Waals surface area (Å²) in [6.45, 7) is 6.89. The highest BCUT2D eigenvalue weighted by atomic mass is 16.6. The number of hydrogen-bond acceptors (Lipinski definition) is 7. The van der Waals surface area contributed by atoms with E-state index in [-0.39, 0.29) is 30.6 Å². The quantitative estimate of drug-likeness (QED) is 0.295. The average molecular weight is 641 g/mol. The second-order valence-corrected chi connectivity index (χ2v) is 14.1. The van der Waals surface area contributed by atoms with Crippen LogP contribution in [0.15, 0.2) is 65.8 Å². The number of benzene rings is 2. The Bertz CT molecular complexity index is 1580. The van der Waals surface area contributed by atoms with E-state index in [9.17, 15) is 19.2 Å². The first-order valence-electron chi connectivity index (χ1n) is 16.7. The van der Waals surface area contributed by atoms with Crippen LogP contribution < -0.4 is 10.6 Å². The molecule has 0 spiro atoms. The minimum Gasteiger partial charge on any atom is -0.444 e. The molecular weight excluding hydrogens is 596 g/mol. The predicted molar refractivity (Wildman–Crippen MR) is 178 cm³/mol. The standard InChI is InChI=1S/C37H44N4O6/c1-23(42)37-21-24(37)14-8-6-5-7-9-19-30(38-35(45)46-36(2,3)4)34(44)41-22-25(20-31(41)33(43)39-37)47-40-32-28-17-12-10-15-26(28)27-16-11-13-18-29(27)32/h8,10-18,24-25,30-31H,5-7,9,19-22H2,1-4H3,(H,38,45)(H,39,43)/b14-8-/t24-,25-,30+,31+,37+/m1/s1. The third-order valence-electron chi connectivity index (χ3n) is 9.51. The third-order valence-corrected chi connectivity index (χ3v) is 9.51. The summed E-state index contributed by atoms with van der Waals surface area (Å²) in [4.78, 5) is 61.6. The van der Waals surface area contributed by atoms with Crippen molar-refractivity contribution in [2.24, 2.45) is 11.1 Å². The lowest BCUT2D eigenvalue weighted by molar-refractivity contribution is -0.141. The maximum Gasteiger partial charge on any atom is 0.408 e. The fraction of sp³-hybridized carbons (Fsp3) is 0.486. The highest BCUT2D eigenvalue weighted by molar-refractivity contribution is 6.24. The normalized spacial score (nSPS) is 27.9. The largest absolute Gasteiger partial charge is 0.444 e. The van der Waals surface area contributed by atoms with Gasteiger partial charge in [-0.25, -0.2) is 4.79 Å². The number of alkyl carbamates (subject to hydrolysis) is 1. The highest BCUT2D eigenvalue weighted by Crippen LogP contribution is 2.46. The van der Waals surface area contributed by atoms with Crippen molar-refractivity contribution in [3.8, 4) is 11.1 Å². The molecule has 2 N–H and O–H groups in total. The van der Waals surface area contributed by atoms with Crippen LogP contribution in [-0.4, -0.2) is 70.2 Å². The molecule has 4 aliphatic rings. The van der Waals surface area contributed by atoms with Gasteiger partial charge in [-0.05, 0) is 64.5 Å².